The van der Waals surface area contributed by atoms with Gasteiger partial charge in [0.1, 0.15) is 0 Å². The molecular formula is C25H42O2Si. The van der Waals surface area contributed by atoms with Crippen molar-refractivity contribution in [3.8, 4) is 0 Å². The highest BCUT2D eigenvalue weighted by molar-refractivity contribution is 6.92. The predicted molar refractivity (Wildman–Crippen MR) is 123 cm³/mol. The molecule has 1 fully saturated rings. The van der Waals surface area contributed by atoms with Crippen LogP contribution >= 0.6 is 0 Å². The molecule has 0 bridgehead atoms. The van der Waals surface area contributed by atoms with Gasteiger partial charge < -0.3 is 4.74 Å². The molecule has 1 aliphatic rings. The highest BCUT2D eigenvalue weighted by atomic mass is 28.3. The van der Waals surface area contributed by atoms with Gasteiger partial charge in [-0.15, -0.1) is 0 Å². The van der Waals surface area contributed by atoms with Gasteiger partial charge in [0.2, 0.25) is 0 Å². The van der Waals surface area contributed by atoms with Gasteiger partial charge in [0.25, 0.3) is 0 Å². The van der Waals surface area contributed by atoms with Crippen LogP contribution < -0.4 is 5.19 Å². The lowest BCUT2D eigenvalue weighted by atomic mass is 9.75. The lowest BCUT2D eigenvalue weighted by Crippen LogP contribution is -2.51. The summed E-state index contributed by atoms with van der Waals surface area (Å²) in [6, 6.07) is 15.5. The summed E-state index contributed by atoms with van der Waals surface area (Å²) in [5.74, 6) is 0.743. The van der Waals surface area contributed by atoms with Crippen LogP contribution in [-0.2, 0) is 9.53 Å². The van der Waals surface area contributed by atoms with Crippen molar-refractivity contribution in [3.05, 3.63) is 30.3 Å². The quantitative estimate of drug-likeness (QED) is 0.196. The number of carbonyl (C=O) groups is 1. The first-order chi connectivity index (χ1) is 13.7. The second kappa shape index (κ2) is 12.5. The number of rotatable bonds is 14. The summed E-state index contributed by atoms with van der Waals surface area (Å²) in [5, 5.41) is 1.64. The smallest absolute Gasteiger partial charge is 0.308 e. The summed E-state index contributed by atoms with van der Waals surface area (Å²) < 4.78 is 5.11. The third-order valence-electron chi connectivity index (χ3n) is 6.98. The maximum absolute atomic E-state index is 12.2. The maximum Gasteiger partial charge on any atom is 0.308 e. The van der Waals surface area contributed by atoms with Crippen LogP contribution in [0.15, 0.2) is 30.3 Å². The number of carbonyl (C=O) groups excluding carboxylic acids is 1. The van der Waals surface area contributed by atoms with Crippen LogP contribution in [0.5, 0.6) is 0 Å². The van der Waals surface area contributed by atoms with Crippen molar-refractivity contribution in [2.24, 2.45) is 11.8 Å². The topological polar surface area (TPSA) is 26.3 Å². The van der Waals surface area contributed by atoms with E-state index in [1.807, 2.05) is 0 Å². The fourth-order valence-electron chi connectivity index (χ4n) is 5.08. The predicted octanol–water partition coefficient (Wildman–Crippen LogP) is 6.70. The first kappa shape index (κ1) is 23.2. The van der Waals surface area contributed by atoms with Gasteiger partial charge in [-0.3, -0.25) is 4.79 Å². The summed E-state index contributed by atoms with van der Waals surface area (Å²) in [5.41, 5.74) is 0. The fourth-order valence-corrected chi connectivity index (χ4v) is 10.8. The van der Waals surface area contributed by atoms with Gasteiger partial charge in [-0.2, -0.15) is 0 Å². The molecule has 2 nitrogen and oxygen atoms in total. The molecule has 3 heteroatoms. The summed E-state index contributed by atoms with van der Waals surface area (Å²) >= 11 is 0. The van der Waals surface area contributed by atoms with E-state index in [9.17, 15) is 4.79 Å². The molecule has 1 aromatic carbocycles. The molecule has 2 atom stereocenters. The molecule has 2 rings (SSSR count). The normalized spacial score (nSPS) is 19.2. The highest BCUT2D eigenvalue weighted by Gasteiger charge is 2.44. The fraction of sp³-hybridized carbons (Fsp3) is 0.720. The summed E-state index contributed by atoms with van der Waals surface area (Å²) in [4.78, 5) is 12.2. The van der Waals surface area contributed by atoms with Gasteiger partial charge in [0.05, 0.1) is 21.1 Å². The third kappa shape index (κ3) is 6.47. The molecule has 0 N–H and O–H groups in total. The molecule has 0 aliphatic heterocycles. The standard InChI is InChI=1S/C25H42O2Si/c1-4-6-8-13-19-28(20-14-9-7-5-2,23-15-11-10-12-16-23)21-22-17-18-24(22)25(26)27-3/h10-12,15-16,22,24H,4-9,13-14,17-21H2,1-3H3/t22-,24+/m0/s1. The number of hydrogen-bond acceptors (Lipinski definition) is 2. The van der Waals surface area contributed by atoms with Crippen LogP contribution in [0.3, 0.4) is 0 Å². The van der Waals surface area contributed by atoms with E-state index in [1.54, 1.807) is 12.3 Å². The maximum atomic E-state index is 12.2. The van der Waals surface area contributed by atoms with Crippen molar-refractivity contribution >= 4 is 19.2 Å². The molecule has 28 heavy (non-hydrogen) atoms. The minimum Gasteiger partial charge on any atom is -0.469 e. The third-order valence-corrected chi connectivity index (χ3v) is 12.5. The van der Waals surface area contributed by atoms with Crippen molar-refractivity contribution < 1.29 is 9.53 Å². The Labute approximate surface area is 174 Å². The Morgan fingerprint density at radius 3 is 2.00 bits per heavy atom. The number of benzene rings is 1. The number of hydrogen-bond donors (Lipinski definition) is 0. The van der Waals surface area contributed by atoms with E-state index in [0.717, 1.165) is 6.42 Å². The minimum absolute atomic E-state index is 0.0316. The largest absolute Gasteiger partial charge is 0.469 e. The van der Waals surface area contributed by atoms with E-state index >= 15 is 0 Å². The molecule has 0 saturated heterocycles. The lowest BCUT2D eigenvalue weighted by molar-refractivity contribution is -0.151. The molecule has 1 aliphatic carbocycles. The Morgan fingerprint density at radius 1 is 0.929 bits per heavy atom. The second-order valence-electron chi connectivity index (χ2n) is 8.94. The van der Waals surface area contributed by atoms with Gasteiger partial charge in [0, 0.05) is 0 Å². The second-order valence-corrected chi connectivity index (χ2v) is 13.5. The first-order valence-corrected chi connectivity index (χ1v) is 14.4. The van der Waals surface area contributed by atoms with E-state index in [4.69, 9.17) is 4.74 Å². The van der Waals surface area contributed by atoms with Gasteiger partial charge in [-0.05, 0) is 24.8 Å². The van der Waals surface area contributed by atoms with E-state index in [2.05, 4.69) is 44.2 Å². The monoisotopic (exact) mass is 402 g/mol. The average Bonchev–Trinajstić information content (AvgIpc) is 2.71. The van der Waals surface area contributed by atoms with Gasteiger partial charge >= 0.3 is 5.97 Å². The summed E-state index contributed by atoms with van der Waals surface area (Å²) in [6.45, 7) is 4.59. The Kier molecular flexibility index (Phi) is 10.3. The number of ether oxygens (including phenoxy) is 1. The van der Waals surface area contributed by atoms with Crippen molar-refractivity contribution in [1.29, 1.82) is 0 Å². The summed E-state index contributed by atoms with van der Waals surface area (Å²) in [7, 11) is -0.0619. The first-order valence-electron chi connectivity index (χ1n) is 11.8. The Hall–Kier alpha value is -1.09. The van der Waals surface area contributed by atoms with Gasteiger partial charge in [0.15, 0.2) is 0 Å². The SMILES string of the molecule is CCCCCC[Si](CCCCCC)(C[C@@H]1CC[C@H]1C(=O)OC)c1ccccc1. The lowest BCUT2D eigenvalue weighted by Gasteiger charge is -2.42. The van der Waals surface area contributed by atoms with Crippen molar-refractivity contribution in [3.63, 3.8) is 0 Å². The van der Waals surface area contributed by atoms with Crippen LogP contribution in [0.1, 0.15) is 78.1 Å². The minimum atomic E-state index is -1.61. The van der Waals surface area contributed by atoms with Crippen molar-refractivity contribution in [2.75, 3.05) is 7.11 Å². The van der Waals surface area contributed by atoms with E-state index in [1.165, 1.54) is 75.9 Å². The molecule has 0 radical (unpaired) electrons. The number of esters is 1. The van der Waals surface area contributed by atoms with Crippen LogP contribution in [0.4, 0.5) is 0 Å². The summed E-state index contributed by atoms with van der Waals surface area (Å²) in [6.07, 6.45) is 13.0. The molecule has 0 unspecified atom stereocenters. The number of unbranched alkanes of at least 4 members (excludes halogenated alkanes) is 6. The molecular weight excluding hydrogens is 360 g/mol. The zero-order valence-electron chi connectivity index (χ0n) is 18.6. The average molecular weight is 403 g/mol. The van der Waals surface area contributed by atoms with Crippen LogP contribution in [-0.4, -0.2) is 21.2 Å². The Balaban J connectivity index is 2.19. The van der Waals surface area contributed by atoms with E-state index in [-0.39, 0.29) is 11.9 Å². The van der Waals surface area contributed by atoms with E-state index in [0.29, 0.717) is 5.92 Å². The van der Waals surface area contributed by atoms with Gasteiger partial charge in [-0.25, -0.2) is 0 Å². The highest BCUT2D eigenvalue weighted by Crippen LogP contribution is 2.43. The molecule has 0 heterocycles. The number of methoxy groups -OCH3 is 1. The van der Waals surface area contributed by atoms with Crippen LogP contribution in [0.2, 0.25) is 18.1 Å². The zero-order chi connectivity index (χ0) is 20.2. The molecule has 0 spiro atoms. The molecule has 158 valence electrons. The van der Waals surface area contributed by atoms with Crippen molar-refractivity contribution in [1.82, 2.24) is 0 Å². The Bertz CT molecular complexity index is 545. The van der Waals surface area contributed by atoms with Crippen LogP contribution in [0.25, 0.3) is 0 Å². The van der Waals surface area contributed by atoms with Crippen LogP contribution in [0, 0.1) is 11.8 Å². The Morgan fingerprint density at radius 2 is 1.54 bits per heavy atom. The molecule has 1 saturated carbocycles. The zero-order valence-corrected chi connectivity index (χ0v) is 19.6. The van der Waals surface area contributed by atoms with E-state index < -0.39 is 8.07 Å². The molecule has 0 amide bonds. The molecule has 0 aromatic heterocycles. The molecule has 1 aromatic rings. The van der Waals surface area contributed by atoms with Crippen molar-refractivity contribution in [2.45, 2.75) is 96.2 Å². The van der Waals surface area contributed by atoms with Gasteiger partial charge in [-0.1, -0.05) is 113 Å².